The Balaban J connectivity index is 2.83. The normalized spacial score (nSPS) is 30.1. The lowest BCUT2D eigenvalue weighted by Gasteiger charge is -2.31. The molecule has 0 amide bonds. The highest BCUT2D eigenvalue weighted by molar-refractivity contribution is 5.91. The molecule has 0 heterocycles. The average Bonchev–Trinajstić information content (AvgIpc) is 2.67. The molecule has 0 aromatic carbocycles. The van der Waals surface area contributed by atoms with Crippen LogP contribution in [0.15, 0.2) is 12.2 Å². The minimum Gasteiger partial charge on any atom is -0.481 e. The Bertz CT molecular complexity index is 417. The smallest absolute Gasteiger partial charge is 0.304 e. The van der Waals surface area contributed by atoms with E-state index in [9.17, 15) is 19.8 Å². The van der Waals surface area contributed by atoms with Crippen LogP contribution in [0.25, 0.3) is 0 Å². The van der Waals surface area contributed by atoms with Crippen molar-refractivity contribution in [2.75, 3.05) is 0 Å². The summed E-state index contributed by atoms with van der Waals surface area (Å²) in [4.78, 5) is 23.3. The molecule has 0 aromatic heterocycles. The van der Waals surface area contributed by atoms with Gasteiger partial charge >= 0.3 is 5.97 Å². The Morgan fingerprint density at radius 1 is 1.41 bits per heavy atom. The van der Waals surface area contributed by atoms with Gasteiger partial charge in [-0.05, 0) is 12.8 Å². The number of carbonyl (C=O) groups excluding carboxylic acids is 1. The molecule has 4 atom stereocenters. The van der Waals surface area contributed by atoms with Crippen molar-refractivity contribution in [3.05, 3.63) is 12.2 Å². The molecule has 0 aliphatic heterocycles. The number of carboxylic acid groups (broad SMARTS) is 1. The molecular formula is C17H28O5. The van der Waals surface area contributed by atoms with Gasteiger partial charge in [-0.25, -0.2) is 0 Å². The fourth-order valence-corrected chi connectivity index (χ4v) is 3.38. The maximum atomic E-state index is 12.2. The van der Waals surface area contributed by atoms with Crippen LogP contribution in [0.4, 0.5) is 0 Å². The third kappa shape index (κ3) is 4.40. The van der Waals surface area contributed by atoms with Gasteiger partial charge in [-0.2, -0.15) is 0 Å². The standard InChI is InChI=1S/C17H28O5/c1-3-5-6-7-12(18)8-9-13-14(19)10-15(20)17(13,4-2)11-16(21)22/h8-9,12-14,18-19H,3-7,10-11H2,1-2H3,(H,21,22). The number of unbranched alkanes of at least 4 members (excludes halogenated alkanes) is 2. The molecule has 5 nitrogen and oxygen atoms in total. The van der Waals surface area contributed by atoms with Gasteiger partial charge in [0.25, 0.3) is 0 Å². The summed E-state index contributed by atoms with van der Waals surface area (Å²) < 4.78 is 0. The molecule has 1 saturated carbocycles. The van der Waals surface area contributed by atoms with Crippen LogP contribution in [0.1, 0.15) is 58.8 Å². The van der Waals surface area contributed by atoms with E-state index in [2.05, 4.69) is 6.92 Å². The Morgan fingerprint density at radius 2 is 2.09 bits per heavy atom. The van der Waals surface area contributed by atoms with Gasteiger partial charge in [-0.3, -0.25) is 9.59 Å². The third-order valence-corrected chi connectivity index (χ3v) is 4.74. The predicted octanol–water partition coefficient (Wildman–Crippen LogP) is 2.30. The molecule has 0 aromatic rings. The maximum Gasteiger partial charge on any atom is 0.304 e. The molecular weight excluding hydrogens is 284 g/mol. The van der Waals surface area contributed by atoms with Crippen LogP contribution in [0, 0.1) is 11.3 Å². The summed E-state index contributed by atoms with van der Waals surface area (Å²) in [5, 5.41) is 29.2. The molecule has 1 fully saturated rings. The number of aliphatic carboxylic acids is 1. The van der Waals surface area contributed by atoms with E-state index in [1.54, 1.807) is 19.1 Å². The van der Waals surface area contributed by atoms with Crippen LogP contribution < -0.4 is 0 Å². The van der Waals surface area contributed by atoms with Crippen molar-refractivity contribution in [2.24, 2.45) is 11.3 Å². The van der Waals surface area contributed by atoms with Crippen LogP contribution in [0.3, 0.4) is 0 Å². The van der Waals surface area contributed by atoms with E-state index in [-0.39, 0.29) is 18.6 Å². The highest BCUT2D eigenvalue weighted by Crippen LogP contribution is 2.47. The molecule has 0 spiro atoms. The number of hydrogen-bond acceptors (Lipinski definition) is 4. The maximum absolute atomic E-state index is 12.2. The van der Waals surface area contributed by atoms with Crippen LogP contribution in [0.5, 0.6) is 0 Å². The summed E-state index contributed by atoms with van der Waals surface area (Å²) in [6, 6.07) is 0. The minimum absolute atomic E-state index is 0.0118. The van der Waals surface area contributed by atoms with Gasteiger partial charge < -0.3 is 15.3 Å². The summed E-state index contributed by atoms with van der Waals surface area (Å²) in [5.74, 6) is -1.77. The number of ketones is 1. The molecule has 4 unspecified atom stereocenters. The van der Waals surface area contributed by atoms with Gasteiger partial charge in [0.2, 0.25) is 0 Å². The number of aliphatic hydroxyl groups is 2. The van der Waals surface area contributed by atoms with E-state index in [1.165, 1.54) is 0 Å². The van der Waals surface area contributed by atoms with Crippen LogP contribution >= 0.6 is 0 Å². The van der Waals surface area contributed by atoms with Crippen molar-refractivity contribution in [2.45, 2.75) is 71.0 Å². The second-order valence-corrected chi connectivity index (χ2v) is 6.25. The Morgan fingerprint density at radius 3 is 2.64 bits per heavy atom. The van der Waals surface area contributed by atoms with Crippen molar-refractivity contribution in [3.8, 4) is 0 Å². The van der Waals surface area contributed by atoms with Crippen LogP contribution in [-0.2, 0) is 9.59 Å². The van der Waals surface area contributed by atoms with Gasteiger partial charge in [-0.1, -0.05) is 45.3 Å². The molecule has 0 saturated heterocycles. The van der Waals surface area contributed by atoms with Crippen molar-refractivity contribution < 1.29 is 24.9 Å². The zero-order valence-electron chi connectivity index (χ0n) is 13.5. The number of carbonyl (C=O) groups is 2. The van der Waals surface area contributed by atoms with E-state index in [0.717, 1.165) is 19.3 Å². The fraction of sp³-hybridized carbons (Fsp3) is 0.765. The lowest BCUT2D eigenvalue weighted by atomic mass is 9.71. The first-order valence-electron chi connectivity index (χ1n) is 8.17. The second-order valence-electron chi connectivity index (χ2n) is 6.25. The summed E-state index contributed by atoms with van der Waals surface area (Å²) in [5.41, 5.74) is -1.05. The van der Waals surface area contributed by atoms with E-state index >= 15 is 0 Å². The quantitative estimate of drug-likeness (QED) is 0.448. The van der Waals surface area contributed by atoms with Crippen molar-refractivity contribution >= 4 is 11.8 Å². The summed E-state index contributed by atoms with van der Waals surface area (Å²) in [6.45, 7) is 3.86. The molecule has 3 N–H and O–H groups in total. The van der Waals surface area contributed by atoms with E-state index in [0.29, 0.717) is 12.8 Å². The average molecular weight is 312 g/mol. The highest BCUT2D eigenvalue weighted by Gasteiger charge is 2.53. The fourth-order valence-electron chi connectivity index (χ4n) is 3.38. The Hall–Kier alpha value is -1.20. The topological polar surface area (TPSA) is 94.8 Å². The third-order valence-electron chi connectivity index (χ3n) is 4.74. The van der Waals surface area contributed by atoms with Crippen LogP contribution in [-0.4, -0.2) is 39.3 Å². The van der Waals surface area contributed by atoms with Gasteiger partial charge in [0, 0.05) is 17.8 Å². The van der Waals surface area contributed by atoms with Gasteiger partial charge in [0.15, 0.2) is 0 Å². The molecule has 1 rings (SSSR count). The SMILES string of the molecule is CCCCCC(O)C=CC1C(O)CC(=O)C1(CC)CC(=O)O. The first-order valence-corrected chi connectivity index (χ1v) is 8.17. The summed E-state index contributed by atoms with van der Waals surface area (Å²) in [7, 11) is 0. The Labute approximate surface area is 132 Å². The van der Waals surface area contributed by atoms with E-state index in [4.69, 9.17) is 5.11 Å². The molecule has 5 heteroatoms. The molecule has 22 heavy (non-hydrogen) atoms. The molecule has 0 radical (unpaired) electrons. The second kappa shape index (κ2) is 8.44. The summed E-state index contributed by atoms with van der Waals surface area (Å²) >= 11 is 0. The largest absolute Gasteiger partial charge is 0.481 e. The summed E-state index contributed by atoms with van der Waals surface area (Å²) in [6.07, 6.45) is 5.53. The number of aliphatic hydroxyl groups excluding tert-OH is 2. The van der Waals surface area contributed by atoms with E-state index < -0.39 is 29.5 Å². The zero-order chi connectivity index (χ0) is 16.8. The van der Waals surface area contributed by atoms with Gasteiger partial charge in [-0.15, -0.1) is 0 Å². The lowest BCUT2D eigenvalue weighted by Crippen LogP contribution is -2.35. The highest BCUT2D eigenvalue weighted by atomic mass is 16.4. The van der Waals surface area contributed by atoms with Crippen molar-refractivity contribution in [1.29, 1.82) is 0 Å². The predicted molar refractivity (Wildman–Crippen MR) is 83.4 cm³/mol. The zero-order valence-corrected chi connectivity index (χ0v) is 13.5. The van der Waals surface area contributed by atoms with Crippen molar-refractivity contribution in [3.63, 3.8) is 0 Å². The number of carboxylic acids is 1. The molecule has 1 aliphatic rings. The monoisotopic (exact) mass is 312 g/mol. The van der Waals surface area contributed by atoms with Crippen molar-refractivity contribution in [1.82, 2.24) is 0 Å². The van der Waals surface area contributed by atoms with Gasteiger partial charge in [0.1, 0.15) is 5.78 Å². The molecule has 0 bridgehead atoms. The number of rotatable bonds is 9. The lowest BCUT2D eigenvalue weighted by molar-refractivity contribution is -0.144. The van der Waals surface area contributed by atoms with Gasteiger partial charge in [0.05, 0.1) is 18.6 Å². The Kier molecular flexibility index (Phi) is 7.23. The first kappa shape index (κ1) is 18.8. The number of hydrogen-bond donors (Lipinski definition) is 3. The number of Topliss-reactive ketones (excluding diaryl/α,β-unsaturated/α-hetero) is 1. The molecule has 126 valence electrons. The minimum atomic E-state index is -1.05. The van der Waals surface area contributed by atoms with E-state index in [1.807, 2.05) is 0 Å². The van der Waals surface area contributed by atoms with Crippen LogP contribution in [0.2, 0.25) is 0 Å². The molecule has 1 aliphatic carbocycles. The first-order chi connectivity index (χ1) is 10.4.